The van der Waals surface area contributed by atoms with Gasteiger partial charge >= 0.3 is 0 Å². The molecule has 64 heavy (non-hydrogen) atoms. The third-order valence-corrected chi connectivity index (χ3v) is 12.6. The van der Waals surface area contributed by atoms with Crippen molar-refractivity contribution in [2.45, 2.75) is 0 Å². The minimum absolute atomic E-state index is 1.09. The predicted molar refractivity (Wildman–Crippen MR) is 265 cm³/mol. The van der Waals surface area contributed by atoms with Gasteiger partial charge in [-0.2, -0.15) is 0 Å². The molecule has 0 unspecified atom stereocenters. The molecule has 8 aromatic carbocycles. The zero-order valence-electron chi connectivity index (χ0n) is 34.7. The topological polar surface area (TPSA) is 51.6 Å². The Kier molecular flexibility index (Phi) is 9.12. The van der Waals surface area contributed by atoms with Gasteiger partial charge in [0.25, 0.3) is 0 Å². The molecule has 0 radical (unpaired) electrons. The maximum atomic E-state index is 4.46. The first-order valence-corrected chi connectivity index (χ1v) is 21.6. The van der Waals surface area contributed by atoms with Crippen LogP contribution in [-0.2, 0) is 0 Å². The Morgan fingerprint density at radius 3 is 0.672 bits per heavy atom. The zero-order chi connectivity index (χ0) is 42.4. The minimum atomic E-state index is 1.09. The van der Waals surface area contributed by atoms with E-state index in [1.54, 1.807) is 0 Å². The number of nitrogens with zero attached hydrogens (tertiary/aromatic N) is 4. The molecule has 298 valence electrons. The molecule has 0 aliphatic rings. The lowest BCUT2D eigenvalue weighted by atomic mass is 9.81. The van der Waals surface area contributed by atoms with Crippen LogP contribution in [0.1, 0.15) is 0 Å². The van der Waals surface area contributed by atoms with Crippen molar-refractivity contribution >= 4 is 32.3 Å². The monoisotopic (exact) mass is 814 g/mol. The lowest BCUT2D eigenvalue weighted by Crippen LogP contribution is -1.95. The third kappa shape index (κ3) is 6.57. The Hall–Kier alpha value is -8.60. The number of rotatable bonds is 8. The number of hydrogen-bond donors (Lipinski definition) is 0. The first-order chi connectivity index (χ1) is 31.7. The van der Waals surface area contributed by atoms with Crippen molar-refractivity contribution in [2.75, 3.05) is 0 Å². The molecule has 0 amide bonds. The van der Waals surface area contributed by atoms with Gasteiger partial charge in [-0.15, -0.1) is 0 Å². The van der Waals surface area contributed by atoms with Crippen molar-refractivity contribution in [3.05, 3.63) is 232 Å². The summed E-state index contributed by atoms with van der Waals surface area (Å²) in [6.45, 7) is 0. The summed E-state index contributed by atoms with van der Waals surface area (Å²) < 4.78 is 0. The van der Waals surface area contributed by atoms with Crippen molar-refractivity contribution < 1.29 is 0 Å². The maximum absolute atomic E-state index is 4.46. The average molecular weight is 815 g/mol. The SMILES string of the molecule is c1cncc(-c2cccc(-c3cc(-c4cccc(-c5cccnc5)c4)c4ccc5c(-c6cccc(-c7cccnc7)c6)cc(-c6cccc(-c7cccnc7)c6)c6ccc3c4c65)c2)c1. The normalized spacial score (nSPS) is 11.4. The second-order valence-electron chi connectivity index (χ2n) is 16.3. The summed E-state index contributed by atoms with van der Waals surface area (Å²) in [6, 6.07) is 66.3. The molecule has 12 rings (SSSR count). The van der Waals surface area contributed by atoms with Crippen LogP contribution in [0.25, 0.3) is 121 Å². The van der Waals surface area contributed by atoms with Gasteiger partial charge < -0.3 is 0 Å². The van der Waals surface area contributed by atoms with Crippen molar-refractivity contribution in [3.8, 4) is 89.0 Å². The first kappa shape index (κ1) is 37.2. The quantitative estimate of drug-likeness (QED) is 0.143. The van der Waals surface area contributed by atoms with Crippen LogP contribution in [0.4, 0.5) is 0 Å². The lowest BCUT2D eigenvalue weighted by molar-refractivity contribution is 1.33. The maximum Gasteiger partial charge on any atom is 0.0346 e. The summed E-state index contributed by atoms with van der Waals surface area (Å²) in [6.07, 6.45) is 15.1. The van der Waals surface area contributed by atoms with E-state index >= 15 is 0 Å². The van der Waals surface area contributed by atoms with Crippen molar-refractivity contribution in [3.63, 3.8) is 0 Å². The first-order valence-electron chi connectivity index (χ1n) is 21.6. The van der Waals surface area contributed by atoms with Gasteiger partial charge in [-0.05, 0) is 160 Å². The van der Waals surface area contributed by atoms with Crippen LogP contribution in [0.2, 0.25) is 0 Å². The average Bonchev–Trinajstić information content (AvgIpc) is 3.39. The molecule has 0 atom stereocenters. The van der Waals surface area contributed by atoms with E-state index in [0.717, 1.165) is 66.8 Å². The fraction of sp³-hybridized carbons (Fsp3) is 0. The summed E-state index contributed by atoms with van der Waals surface area (Å²) in [4.78, 5) is 17.8. The molecule has 4 aromatic heterocycles. The molecular weight excluding hydrogens is 777 g/mol. The Balaban J connectivity index is 1.18. The second kappa shape index (κ2) is 15.7. The molecule has 0 saturated heterocycles. The van der Waals surface area contributed by atoms with E-state index in [4.69, 9.17) is 0 Å². The van der Waals surface area contributed by atoms with E-state index in [2.05, 4.69) is 178 Å². The van der Waals surface area contributed by atoms with Crippen molar-refractivity contribution in [2.24, 2.45) is 0 Å². The Bertz CT molecular complexity index is 3170. The Labute approximate surface area is 371 Å². The predicted octanol–water partition coefficient (Wildman–Crippen LogP) is 15.5. The number of aromatic nitrogens is 4. The van der Waals surface area contributed by atoms with Crippen LogP contribution >= 0.6 is 0 Å². The number of benzene rings is 8. The highest BCUT2D eigenvalue weighted by molar-refractivity contribution is 6.32. The second-order valence-corrected chi connectivity index (χ2v) is 16.3. The van der Waals surface area contributed by atoms with Gasteiger partial charge in [0.05, 0.1) is 0 Å². The molecule has 0 bridgehead atoms. The number of pyridine rings is 4. The summed E-state index contributed by atoms with van der Waals surface area (Å²) >= 11 is 0. The van der Waals surface area contributed by atoms with E-state index in [-0.39, 0.29) is 0 Å². The van der Waals surface area contributed by atoms with Crippen molar-refractivity contribution in [1.29, 1.82) is 0 Å². The largest absolute Gasteiger partial charge is 0.264 e. The van der Waals surface area contributed by atoms with Gasteiger partial charge in [0.2, 0.25) is 0 Å². The van der Waals surface area contributed by atoms with E-state index in [9.17, 15) is 0 Å². The summed E-state index contributed by atoms with van der Waals surface area (Å²) in [5.74, 6) is 0. The summed E-state index contributed by atoms with van der Waals surface area (Å²) in [5.41, 5.74) is 18.2. The van der Waals surface area contributed by atoms with Crippen LogP contribution in [0.3, 0.4) is 0 Å². The Morgan fingerprint density at radius 2 is 0.438 bits per heavy atom. The molecule has 0 spiro atoms. The van der Waals surface area contributed by atoms with Crippen LogP contribution in [0.15, 0.2) is 232 Å². The molecule has 4 heterocycles. The number of hydrogen-bond acceptors (Lipinski definition) is 4. The van der Waals surface area contributed by atoms with Crippen LogP contribution < -0.4 is 0 Å². The molecule has 0 N–H and O–H groups in total. The molecule has 4 heteroatoms. The van der Waals surface area contributed by atoms with Gasteiger partial charge in [0, 0.05) is 71.8 Å². The summed E-state index contributed by atoms with van der Waals surface area (Å²) in [7, 11) is 0. The van der Waals surface area contributed by atoms with Crippen LogP contribution in [0.5, 0.6) is 0 Å². The standard InChI is InChI=1S/C60H38N4/c1-9-39(47-17-5-25-61-35-47)29-43(13-1)55-33-56(44-14-2-10-40(30-44)48-18-6-26-62-36-48)52-23-24-54-58(46-16-4-12-42(32-46)50-20-8-28-64-38-50)34-57(53-22-21-51(55)59(52)60(53)54)45-15-3-11-41(31-45)49-19-7-27-63-37-49/h1-38H. The molecule has 0 fully saturated rings. The molecule has 12 aromatic rings. The van der Waals surface area contributed by atoms with Crippen molar-refractivity contribution in [1.82, 2.24) is 19.9 Å². The highest BCUT2D eigenvalue weighted by atomic mass is 14.6. The molecule has 0 saturated carbocycles. The smallest absolute Gasteiger partial charge is 0.0346 e. The highest BCUT2D eigenvalue weighted by Crippen LogP contribution is 2.49. The van der Waals surface area contributed by atoms with Gasteiger partial charge in [0.1, 0.15) is 0 Å². The molecule has 0 aliphatic carbocycles. The third-order valence-electron chi connectivity index (χ3n) is 12.6. The lowest BCUT2D eigenvalue weighted by Gasteiger charge is -2.22. The fourth-order valence-corrected chi connectivity index (χ4v) is 9.55. The van der Waals surface area contributed by atoms with Gasteiger partial charge in [-0.25, -0.2) is 0 Å². The molecule has 0 aliphatic heterocycles. The molecule has 4 nitrogen and oxygen atoms in total. The van der Waals surface area contributed by atoms with Crippen LogP contribution in [0, 0.1) is 0 Å². The highest BCUT2D eigenvalue weighted by Gasteiger charge is 2.22. The minimum Gasteiger partial charge on any atom is -0.264 e. The Morgan fingerprint density at radius 1 is 0.203 bits per heavy atom. The van der Waals surface area contributed by atoms with E-state index < -0.39 is 0 Å². The van der Waals surface area contributed by atoms with E-state index in [1.165, 1.54) is 54.6 Å². The van der Waals surface area contributed by atoms with Gasteiger partial charge in [0.15, 0.2) is 0 Å². The van der Waals surface area contributed by atoms with E-state index in [1.807, 2.05) is 73.8 Å². The van der Waals surface area contributed by atoms with Crippen LogP contribution in [-0.4, -0.2) is 19.9 Å². The van der Waals surface area contributed by atoms with Gasteiger partial charge in [-0.1, -0.05) is 121 Å². The molecular formula is C60H38N4. The fourth-order valence-electron chi connectivity index (χ4n) is 9.55. The summed E-state index contributed by atoms with van der Waals surface area (Å²) in [5, 5.41) is 7.33. The zero-order valence-corrected chi connectivity index (χ0v) is 34.7. The van der Waals surface area contributed by atoms with Gasteiger partial charge in [-0.3, -0.25) is 19.9 Å². The van der Waals surface area contributed by atoms with E-state index in [0.29, 0.717) is 0 Å².